The van der Waals surface area contributed by atoms with Gasteiger partial charge < -0.3 is 15.7 Å². The number of anilines is 1. The molecular weight excluding hydrogens is 230 g/mol. The second-order valence-electron chi connectivity index (χ2n) is 3.96. The number of carbonyl (C=O) groups is 1. The van der Waals surface area contributed by atoms with Gasteiger partial charge in [-0.1, -0.05) is 11.6 Å². The van der Waals surface area contributed by atoms with E-state index in [0.717, 1.165) is 5.69 Å². The lowest BCUT2D eigenvalue weighted by Crippen LogP contribution is -2.50. The maximum absolute atomic E-state index is 11.0. The summed E-state index contributed by atoms with van der Waals surface area (Å²) in [5.41, 5.74) is 5.39. The lowest BCUT2D eigenvalue weighted by Gasteiger charge is -2.22. The van der Waals surface area contributed by atoms with Gasteiger partial charge in [0, 0.05) is 25.5 Å². The maximum Gasteiger partial charge on any atom is 0.325 e. The molecule has 1 aromatic heterocycles. The predicted octanol–water partition coefficient (Wildman–Crippen LogP) is 0.727. The second-order valence-corrected chi connectivity index (χ2v) is 4.37. The molecule has 1 fully saturated rings. The smallest absolute Gasteiger partial charge is 0.325 e. The molecule has 16 heavy (non-hydrogen) atoms. The molecule has 0 amide bonds. The van der Waals surface area contributed by atoms with Crippen molar-refractivity contribution in [3.05, 3.63) is 23.5 Å². The van der Waals surface area contributed by atoms with Gasteiger partial charge in [0.15, 0.2) is 0 Å². The molecule has 1 aromatic rings. The molecule has 2 rings (SSSR count). The standard InChI is InChI=1S/C10H12ClN3O2/c11-7-5-13-3-1-8(7)14-4-2-10(12,6-14)9(15)16/h1,3,5H,2,4,6,12H2,(H,15,16). The zero-order valence-electron chi connectivity index (χ0n) is 8.56. The first-order valence-corrected chi connectivity index (χ1v) is 5.27. The van der Waals surface area contributed by atoms with Crippen LogP contribution >= 0.6 is 11.6 Å². The molecule has 0 aromatic carbocycles. The molecule has 2 heterocycles. The highest BCUT2D eigenvalue weighted by molar-refractivity contribution is 6.33. The van der Waals surface area contributed by atoms with Crippen LogP contribution in [0.2, 0.25) is 5.02 Å². The van der Waals surface area contributed by atoms with Crippen LogP contribution in [0.3, 0.4) is 0 Å². The number of halogens is 1. The van der Waals surface area contributed by atoms with Gasteiger partial charge in [-0.25, -0.2) is 0 Å². The van der Waals surface area contributed by atoms with E-state index in [2.05, 4.69) is 4.98 Å². The number of aliphatic carboxylic acids is 1. The van der Waals surface area contributed by atoms with Crippen molar-refractivity contribution in [2.45, 2.75) is 12.0 Å². The number of aromatic nitrogens is 1. The van der Waals surface area contributed by atoms with Crippen LogP contribution in [0.1, 0.15) is 6.42 Å². The van der Waals surface area contributed by atoms with E-state index < -0.39 is 11.5 Å². The van der Waals surface area contributed by atoms with Crippen LogP contribution in [-0.4, -0.2) is 34.7 Å². The zero-order valence-corrected chi connectivity index (χ0v) is 9.31. The monoisotopic (exact) mass is 241 g/mol. The van der Waals surface area contributed by atoms with Crippen molar-refractivity contribution in [1.82, 2.24) is 4.98 Å². The second kappa shape index (κ2) is 3.92. The van der Waals surface area contributed by atoms with Crippen molar-refractivity contribution in [1.29, 1.82) is 0 Å². The molecule has 3 N–H and O–H groups in total. The van der Waals surface area contributed by atoms with Crippen LogP contribution in [0, 0.1) is 0 Å². The number of hydrogen-bond acceptors (Lipinski definition) is 4. The van der Waals surface area contributed by atoms with Crippen LogP contribution in [0.4, 0.5) is 5.69 Å². The Kier molecular flexibility index (Phi) is 2.73. The minimum atomic E-state index is -1.17. The van der Waals surface area contributed by atoms with Gasteiger partial charge in [-0.05, 0) is 12.5 Å². The van der Waals surface area contributed by atoms with E-state index in [9.17, 15) is 4.79 Å². The minimum Gasteiger partial charge on any atom is -0.480 e. The number of carboxylic acid groups (broad SMARTS) is 1. The van der Waals surface area contributed by atoms with Gasteiger partial charge in [0.25, 0.3) is 0 Å². The summed E-state index contributed by atoms with van der Waals surface area (Å²) in [6.07, 6.45) is 3.58. The van der Waals surface area contributed by atoms with Gasteiger partial charge in [0.05, 0.1) is 10.7 Å². The summed E-state index contributed by atoms with van der Waals surface area (Å²) in [6, 6.07) is 1.76. The highest BCUT2D eigenvalue weighted by atomic mass is 35.5. The summed E-state index contributed by atoms with van der Waals surface area (Å²) in [4.78, 5) is 16.7. The topological polar surface area (TPSA) is 79.5 Å². The molecule has 1 saturated heterocycles. The molecular formula is C10H12ClN3O2. The van der Waals surface area contributed by atoms with Crippen molar-refractivity contribution in [2.24, 2.45) is 5.73 Å². The van der Waals surface area contributed by atoms with E-state index >= 15 is 0 Å². The third kappa shape index (κ3) is 1.83. The van der Waals surface area contributed by atoms with Crippen LogP contribution in [0.5, 0.6) is 0 Å². The number of nitrogens with zero attached hydrogens (tertiary/aromatic N) is 2. The number of pyridine rings is 1. The molecule has 6 heteroatoms. The summed E-state index contributed by atoms with van der Waals surface area (Å²) in [6.45, 7) is 0.860. The van der Waals surface area contributed by atoms with Gasteiger partial charge in [-0.15, -0.1) is 0 Å². The van der Waals surface area contributed by atoms with Crippen molar-refractivity contribution < 1.29 is 9.90 Å². The SMILES string of the molecule is NC1(C(=O)O)CCN(c2ccncc2Cl)C1. The molecule has 86 valence electrons. The lowest BCUT2D eigenvalue weighted by atomic mass is 10.0. The molecule has 1 unspecified atom stereocenters. The van der Waals surface area contributed by atoms with E-state index in [0.29, 0.717) is 18.0 Å². The molecule has 0 aliphatic carbocycles. The molecule has 1 atom stereocenters. The average molecular weight is 242 g/mol. The first kappa shape index (κ1) is 11.2. The van der Waals surface area contributed by atoms with Gasteiger partial charge in [-0.3, -0.25) is 9.78 Å². The highest BCUT2D eigenvalue weighted by Crippen LogP contribution is 2.30. The average Bonchev–Trinajstić information content (AvgIpc) is 2.63. The maximum atomic E-state index is 11.0. The van der Waals surface area contributed by atoms with Crippen molar-refractivity contribution >= 4 is 23.3 Å². The lowest BCUT2D eigenvalue weighted by molar-refractivity contribution is -0.142. The zero-order chi connectivity index (χ0) is 11.8. The number of rotatable bonds is 2. The minimum absolute atomic E-state index is 0.270. The van der Waals surface area contributed by atoms with Crippen LogP contribution in [0.15, 0.2) is 18.5 Å². The van der Waals surface area contributed by atoms with Crippen LogP contribution < -0.4 is 10.6 Å². The summed E-state index contributed by atoms with van der Waals surface area (Å²) >= 11 is 5.98. The van der Waals surface area contributed by atoms with Gasteiger partial charge >= 0.3 is 5.97 Å². The van der Waals surface area contributed by atoms with E-state index in [4.69, 9.17) is 22.4 Å². The quantitative estimate of drug-likeness (QED) is 0.798. The molecule has 0 spiro atoms. The van der Waals surface area contributed by atoms with Gasteiger partial charge in [0.1, 0.15) is 5.54 Å². The fraction of sp³-hybridized carbons (Fsp3) is 0.400. The summed E-state index contributed by atoms with van der Waals surface area (Å²) in [5.74, 6) is -0.972. The van der Waals surface area contributed by atoms with E-state index in [1.54, 1.807) is 12.3 Å². The molecule has 1 aliphatic rings. The Labute approximate surface area is 97.8 Å². The third-order valence-corrected chi connectivity index (χ3v) is 3.11. The first-order valence-electron chi connectivity index (χ1n) is 4.90. The van der Waals surface area contributed by atoms with E-state index in [1.807, 2.05) is 4.90 Å². The van der Waals surface area contributed by atoms with E-state index in [-0.39, 0.29) is 6.54 Å². The molecule has 0 radical (unpaired) electrons. The Bertz CT molecular complexity index is 426. The molecule has 5 nitrogen and oxygen atoms in total. The number of hydrogen-bond donors (Lipinski definition) is 2. The Morgan fingerprint density at radius 2 is 2.44 bits per heavy atom. The Balaban J connectivity index is 2.22. The number of carboxylic acids is 1. The van der Waals surface area contributed by atoms with Crippen molar-refractivity contribution in [3.8, 4) is 0 Å². The van der Waals surface area contributed by atoms with Crippen LogP contribution in [0.25, 0.3) is 0 Å². The van der Waals surface area contributed by atoms with Crippen molar-refractivity contribution in [2.75, 3.05) is 18.0 Å². The summed E-state index contributed by atoms with van der Waals surface area (Å²) in [5, 5.41) is 9.52. The van der Waals surface area contributed by atoms with Crippen molar-refractivity contribution in [3.63, 3.8) is 0 Å². The summed E-state index contributed by atoms with van der Waals surface area (Å²) < 4.78 is 0. The third-order valence-electron chi connectivity index (χ3n) is 2.82. The van der Waals surface area contributed by atoms with Crippen LogP contribution in [-0.2, 0) is 4.79 Å². The highest BCUT2D eigenvalue weighted by Gasteiger charge is 2.41. The Morgan fingerprint density at radius 1 is 1.69 bits per heavy atom. The Hall–Kier alpha value is -1.33. The molecule has 0 bridgehead atoms. The summed E-state index contributed by atoms with van der Waals surface area (Å²) in [7, 11) is 0. The fourth-order valence-corrected chi connectivity index (χ4v) is 2.08. The van der Waals surface area contributed by atoms with Gasteiger partial charge in [-0.2, -0.15) is 0 Å². The predicted molar refractivity (Wildman–Crippen MR) is 60.6 cm³/mol. The fourth-order valence-electron chi connectivity index (χ4n) is 1.84. The molecule has 1 aliphatic heterocycles. The number of nitrogens with two attached hydrogens (primary N) is 1. The van der Waals surface area contributed by atoms with E-state index in [1.165, 1.54) is 6.20 Å². The molecule has 0 saturated carbocycles. The normalized spacial score (nSPS) is 24.8. The first-order chi connectivity index (χ1) is 7.53. The Morgan fingerprint density at radius 3 is 3.00 bits per heavy atom. The largest absolute Gasteiger partial charge is 0.480 e. The van der Waals surface area contributed by atoms with Gasteiger partial charge in [0.2, 0.25) is 0 Å².